The molecule has 1 saturated carbocycles. The molecule has 1 aliphatic carbocycles. The van der Waals surface area contributed by atoms with Crippen molar-refractivity contribution < 1.29 is 9.59 Å². The summed E-state index contributed by atoms with van der Waals surface area (Å²) < 4.78 is 0. The van der Waals surface area contributed by atoms with Crippen LogP contribution in [-0.4, -0.2) is 29.9 Å². The first-order valence-electron chi connectivity index (χ1n) is 10.3. The predicted molar refractivity (Wildman–Crippen MR) is 115 cm³/mol. The third kappa shape index (κ3) is 4.25. The topological polar surface area (TPSA) is 61.4 Å². The number of urea groups is 1. The van der Waals surface area contributed by atoms with Gasteiger partial charge in [0.25, 0.3) is 0 Å². The second kappa shape index (κ2) is 8.46. The molecule has 2 fully saturated rings. The number of benzene rings is 2. The fourth-order valence-electron chi connectivity index (χ4n) is 4.20. The van der Waals surface area contributed by atoms with Gasteiger partial charge in [-0.1, -0.05) is 42.3 Å². The standard InChI is InChI=1S/C23H26ClN3O2/c24-19-8-4-7-18(15-19)23(10-5-11-23)21(28)25-16-17-6-3-9-20(14-17)26-22(29)27-12-1-2-13-27/h3-4,6-9,14-15H,1-2,5,10-13,16H2,(H,25,28)(H,26,29). The summed E-state index contributed by atoms with van der Waals surface area (Å²) in [6.07, 6.45) is 4.84. The molecular weight excluding hydrogens is 386 g/mol. The molecule has 2 aromatic carbocycles. The molecule has 0 unspecified atom stereocenters. The zero-order chi connectivity index (χ0) is 20.3. The lowest BCUT2D eigenvalue weighted by Crippen LogP contribution is -2.49. The molecule has 6 heteroatoms. The number of nitrogens with one attached hydrogen (secondary N) is 2. The van der Waals surface area contributed by atoms with E-state index >= 15 is 0 Å². The molecule has 29 heavy (non-hydrogen) atoms. The van der Waals surface area contributed by atoms with Crippen LogP contribution in [0.25, 0.3) is 0 Å². The third-order valence-corrected chi connectivity index (χ3v) is 6.28. The number of rotatable bonds is 5. The summed E-state index contributed by atoms with van der Waals surface area (Å²) in [6, 6.07) is 15.2. The highest BCUT2D eigenvalue weighted by Crippen LogP contribution is 2.44. The quantitative estimate of drug-likeness (QED) is 0.748. The van der Waals surface area contributed by atoms with Crippen LogP contribution in [-0.2, 0) is 16.8 Å². The molecule has 2 aromatic rings. The van der Waals surface area contributed by atoms with Gasteiger partial charge in [0.15, 0.2) is 0 Å². The van der Waals surface area contributed by atoms with E-state index in [1.807, 2.05) is 53.4 Å². The summed E-state index contributed by atoms with van der Waals surface area (Å²) in [6.45, 7) is 2.05. The Balaban J connectivity index is 1.39. The molecule has 1 saturated heterocycles. The SMILES string of the molecule is O=C(Nc1cccc(CNC(=O)C2(c3cccc(Cl)c3)CCC2)c1)N1CCCC1. The van der Waals surface area contributed by atoms with Gasteiger partial charge in [0.05, 0.1) is 5.41 Å². The van der Waals surface area contributed by atoms with E-state index in [0.717, 1.165) is 62.0 Å². The van der Waals surface area contributed by atoms with Crippen molar-refractivity contribution in [3.05, 3.63) is 64.7 Å². The van der Waals surface area contributed by atoms with Gasteiger partial charge in [0, 0.05) is 30.3 Å². The molecule has 1 heterocycles. The van der Waals surface area contributed by atoms with Gasteiger partial charge in [-0.2, -0.15) is 0 Å². The zero-order valence-electron chi connectivity index (χ0n) is 16.4. The molecule has 2 aliphatic rings. The second-order valence-corrected chi connectivity index (χ2v) is 8.39. The van der Waals surface area contributed by atoms with Crippen molar-refractivity contribution in [1.82, 2.24) is 10.2 Å². The van der Waals surface area contributed by atoms with E-state index in [4.69, 9.17) is 11.6 Å². The summed E-state index contributed by atoms with van der Waals surface area (Å²) >= 11 is 6.15. The van der Waals surface area contributed by atoms with Gasteiger partial charge in [0.2, 0.25) is 5.91 Å². The van der Waals surface area contributed by atoms with Crippen LogP contribution in [0.15, 0.2) is 48.5 Å². The normalized spacial score (nSPS) is 17.5. The van der Waals surface area contributed by atoms with Crippen molar-refractivity contribution in [3.8, 4) is 0 Å². The predicted octanol–water partition coefficient (Wildman–Crippen LogP) is 4.71. The van der Waals surface area contributed by atoms with Crippen molar-refractivity contribution in [2.24, 2.45) is 0 Å². The Labute approximate surface area is 176 Å². The van der Waals surface area contributed by atoms with Crippen LogP contribution < -0.4 is 10.6 Å². The first-order valence-corrected chi connectivity index (χ1v) is 10.6. The minimum atomic E-state index is -0.480. The highest BCUT2D eigenvalue weighted by Gasteiger charge is 2.45. The van der Waals surface area contributed by atoms with Crippen LogP contribution in [0.1, 0.15) is 43.2 Å². The molecule has 0 aromatic heterocycles. The highest BCUT2D eigenvalue weighted by molar-refractivity contribution is 6.30. The van der Waals surface area contributed by atoms with E-state index in [1.165, 1.54) is 0 Å². The third-order valence-electron chi connectivity index (χ3n) is 6.04. The van der Waals surface area contributed by atoms with Gasteiger partial charge < -0.3 is 15.5 Å². The van der Waals surface area contributed by atoms with E-state index in [-0.39, 0.29) is 11.9 Å². The maximum absolute atomic E-state index is 13.0. The number of hydrogen-bond donors (Lipinski definition) is 2. The Morgan fingerprint density at radius 1 is 1.00 bits per heavy atom. The minimum Gasteiger partial charge on any atom is -0.351 e. The number of halogens is 1. The Kier molecular flexibility index (Phi) is 5.76. The Bertz CT molecular complexity index is 905. The maximum atomic E-state index is 13.0. The Morgan fingerprint density at radius 3 is 2.45 bits per heavy atom. The first-order chi connectivity index (χ1) is 14.1. The van der Waals surface area contributed by atoms with Crippen LogP contribution in [0.5, 0.6) is 0 Å². The van der Waals surface area contributed by atoms with Crippen LogP contribution in [0, 0.1) is 0 Å². The number of amides is 3. The van der Waals surface area contributed by atoms with Crippen molar-refractivity contribution in [2.45, 2.75) is 44.1 Å². The minimum absolute atomic E-state index is 0.0394. The largest absolute Gasteiger partial charge is 0.351 e. The fourth-order valence-corrected chi connectivity index (χ4v) is 4.39. The van der Waals surface area contributed by atoms with E-state index in [0.29, 0.717) is 11.6 Å². The van der Waals surface area contributed by atoms with Gasteiger partial charge >= 0.3 is 6.03 Å². The van der Waals surface area contributed by atoms with Crippen molar-refractivity contribution in [1.29, 1.82) is 0 Å². The summed E-state index contributed by atoms with van der Waals surface area (Å²) in [7, 11) is 0. The van der Waals surface area contributed by atoms with Crippen LogP contribution >= 0.6 is 11.6 Å². The van der Waals surface area contributed by atoms with Crippen molar-refractivity contribution >= 4 is 29.2 Å². The second-order valence-electron chi connectivity index (χ2n) is 7.95. The lowest BCUT2D eigenvalue weighted by atomic mass is 9.64. The first kappa shape index (κ1) is 19.8. The molecule has 3 amide bonds. The van der Waals surface area contributed by atoms with E-state index in [9.17, 15) is 9.59 Å². The molecule has 0 radical (unpaired) electrons. The number of nitrogens with zero attached hydrogens (tertiary/aromatic N) is 1. The maximum Gasteiger partial charge on any atom is 0.321 e. The summed E-state index contributed by atoms with van der Waals surface area (Å²) in [5, 5.41) is 6.70. The lowest BCUT2D eigenvalue weighted by molar-refractivity contribution is -0.130. The average Bonchev–Trinajstić information content (AvgIpc) is 3.21. The van der Waals surface area contributed by atoms with E-state index in [2.05, 4.69) is 10.6 Å². The summed E-state index contributed by atoms with van der Waals surface area (Å²) in [4.78, 5) is 27.2. The number of carbonyl (C=O) groups excluding carboxylic acids is 2. The Morgan fingerprint density at radius 2 is 1.76 bits per heavy atom. The molecule has 4 rings (SSSR count). The van der Waals surface area contributed by atoms with Crippen LogP contribution in [0.4, 0.5) is 10.5 Å². The van der Waals surface area contributed by atoms with Crippen molar-refractivity contribution in [2.75, 3.05) is 18.4 Å². The number of likely N-dealkylation sites (tertiary alicyclic amines) is 1. The van der Waals surface area contributed by atoms with Gasteiger partial charge in [-0.15, -0.1) is 0 Å². The van der Waals surface area contributed by atoms with E-state index in [1.54, 1.807) is 0 Å². The van der Waals surface area contributed by atoms with Gasteiger partial charge in [0.1, 0.15) is 0 Å². The summed E-state index contributed by atoms with van der Waals surface area (Å²) in [5.74, 6) is 0.0394. The van der Waals surface area contributed by atoms with Crippen molar-refractivity contribution in [3.63, 3.8) is 0 Å². The smallest absolute Gasteiger partial charge is 0.321 e. The Hall–Kier alpha value is -2.53. The molecule has 152 valence electrons. The monoisotopic (exact) mass is 411 g/mol. The summed E-state index contributed by atoms with van der Waals surface area (Å²) in [5.41, 5.74) is 2.22. The molecule has 1 aliphatic heterocycles. The van der Waals surface area contributed by atoms with Gasteiger partial charge in [-0.05, 0) is 61.1 Å². The lowest BCUT2D eigenvalue weighted by Gasteiger charge is -2.40. The molecule has 2 N–H and O–H groups in total. The van der Waals surface area contributed by atoms with Gasteiger partial charge in [-0.25, -0.2) is 4.79 Å². The zero-order valence-corrected chi connectivity index (χ0v) is 17.2. The molecular formula is C23H26ClN3O2. The molecule has 0 atom stereocenters. The fraction of sp³-hybridized carbons (Fsp3) is 0.391. The number of carbonyl (C=O) groups is 2. The number of hydrogen-bond acceptors (Lipinski definition) is 2. The van der Waals surface area contributed by atoms with Gasteiger partial charge in [-0.3, -0.25) is 4.79 Å². The van der Waals surface area contributed by atoms with Crippen LogP contribution in [0.2, 0.25) is 5.02 Å². The number of anilines is 1. The molecule has 0 spiro atoms. The molecule has 5 nitrogen and oxygen atoms in total. The van der Waals surface area contributed by atoms with E-state index < -0.39 is 5.41 Å². The van der Waals surface area contributed by atoms with Crippen LogP contribution in [0.3, 0.4) is 0 Å². The highest BCUT2D eigenvalue weighted by atomic mass is 35.5. The molecule has 0 bridgehead atoms. The average molecular weight is 412 g/mol.